The molecule has 0 N–H and O–H groups in total. The second-order valence-corrected chi connectivity index (χ2v) is 19.9. The van der Waals surface area contributed by atoms with E-state index in [9.17, 15) is 14.4 Å². The SMILES string of the molecule is CC/C=C\C/C=C\C/C=C\C/C=C\CCCCCCCCCCCCCCCCCCCCCCCCC(=O)OCC(COC(=O)CCCCCCCC)OC(=O)CC/C=C\C/C=C\C/C=C\C/C=C\CC. The molecule has 0 spiro atoms. The smallest absolute Gasteiger partial charge is 0.306 e. The number of ether oxygens (including phenoxy) is 3. The summed E-state index contributed by atoms with van der Waals surface area (Å²) in [5.41, 5.74) is 0. The lowest BCUT2D eigenvalue weighted by Crippen LogP contribution is -2.30. The quantitative estimate of drug-likeness (QED) is 0.0261. The molecule has 0 aromatic heterocycles. The molecule has 0 radical (unpaired) electrons. The highest BCUT2D eigenvalue weighted by atomic mass is 16.6. The summed E-state index contributed by atoms with van der Waals surface area (Å²) in [6.45, 7) is 6.29. The van der Waals surface area contributed by atoms with Gasteiger partial charge >= 0.3 is 17.9 Å². The van der Waals surface area contributed by atoms with Crippen molar-refractivity contribution in [1.82, 2.24) is 0 Å². The molecule has 6 nitrogen and oxygen atoms in total. The lowest BCUT2D eigenvalue weighted by molar-refractivity contribution is -0.166. The summed E-state index contributed by atoms with van der Waals surface area (Å²) in [5.74, 6) is -0.990. The summed E-state index contributed by atoms with van der Waals surface area (Å²) < 4.78 is 16.6. The first-order valence-electron chi connectivity index (χ1n) is 30.2. The Morgan fingerprint density at radius 1 is 0.292 bits per heavy atom. The Labute approximate surface area is 445 Å². The van der Waals surface area contributed by atoms with Gasteiger partial charge in [0.05, 0.1) is 0 Å². The van der Waals surface area contributed by atoms with Gasteiger partial charge < -0.3 is 14.2 Å². The third-order valence-electron chi connectivity index (χ3n) is 12.8. The molecule has 0 aromatic rings. The van der Waals surface area contributed by atoms with E-state index in [0.29, 0.717) is 19.3 Å². The molecule has 0 saturated heterocycles. The van der Waals surface area contributed by atoms with E-state index in [0.717, 1.165) is 89.9 Å². The van der Waals surface area contributed by atoms with Crippen LogP contribution in [0.3, 0.4) is 0 Å². The van der Waals surface area contributed by atoms with Crippen molar-refractivity contribution in [1.29, 1.82) is 0 Å². The van der Waals surface area contributed by atoms with Gasteiger partial charge in [-0.05, 0) is 83.5 Å². The molecule has 1 atom stereocenters. The second-order valence-electron chi connectivity index (χ2n) is 19.9. The molecule has 72 heavy (non-hydrogen) atoms. The molecule has 0 fully saturated rings. The van der Waals surface area contributed by atoms with Crippen LogP contribution in [0.1, 0.15) is 284 Å². The molecule has 0 aliphatic heterocycles. The van der Waals surface area contributed by atoms with E-state index >= 15 is 0 Å². The van der Waals surface area contributed by atoms with Crippen LogP contribution in [0.15, 0.2) is 97.2 Å². The van der Waals surface area contributed by atoms with E-state index < -0.39 is 12.1 Å². The number of hydrogen-bond acceptors (Lipinski definition) is 6. The minimum absolute atomic E-state index is 0.102. The number of unbranched alkanes of at least 4 members (excludes halogenated alkanes) is 27. The Morgan fingerprint density at radius 2 is 0.569 bits per heavy atom. The number of esters is 3. The Balaban J connectivity index is 3.93. The van der Waals surface area contributed by atoms with E-state index in [1.165, 1.54) is 148 Å². The van der Waals surface area contributed by atoms with Crippen molar-refractivity contribution in [3.05, 3.63) is 97.2 Å². The Hall–Kier alpha value is -3.67. The molecule has 0 amide bonds. The molecule has 0 aliphatic carbocycles. The predicted molar refractivity (Wildman–Crippen MR) is 311 cm³/mol. The fourth-order valence-electron chi connectivity index (χ4n) is 8.39. The van der Waals surface area contributed by atoms with Gasteiger partial charge in [0.1, 0.15) is 13.2 Å². The summed E-state index contributed by atoms with van der Waals surface area (Å²) in [6.07, 6.45) is 80.6. The minimum Gasteiger partial charge on any atom is -0.462 e. The van der Waals surface area contributed by atoms with Crippen molar-refractivity contribution in [3.63, 3.8) is 0 Å². The van der Waals surface area contributed by atoms with Gasteiger partial charge in [0, 0.05) is 19.3 Å². The monoisotopic (exact) mass is 1000 g/mol. The van der Waals surface area contributed by atoms with Gasteiger partial charge in [-0.25, -0.2) is 0 Å². The van der Waals surface area contributed by atoms with E-state index in [4.69, 9.17) is 14.2 Å². The summed E-state index contributed by atoms with van der Waals surface area (Å²) in [7, 11) is 0. The van der Waals surface area contributed by atoms with Crippen LogP contribution in [-0.4, -0.2) is 37.2 Å². The molecule has 412 valence electrons. The lowest BCUT2D eigenvalue weighted by Gasteiger charge is -2.18. The average molecular weight is 1000 g/mol. The number of hydrogen-bond donors (Lipinski definition) is 0. The zero-order chi connectivity index (χ0) is 52.2. The first-order valence-corrected chi connectivity index (χ1v) is 30.2. The zero-order valence-corrected chi connectivity index (χ0v) is 47.2. The average Bonchev–Trinajstić information content (AvgIpc) is 3.38. The van der Waals surface area contributed by atoms with Crippen molar-refractivity contribution in [2.45, 2.75) is 290 Å². The summed E-state index contributed by atoms with van der Waals surface area (Å²) in [4.78, 5) is 37.8. The molecule has 0 bridgehead atoms. The van der Waals surface area contributed by atoms with Crippen LogP contribution in [0.4, 0.5) is 0 Å². The second kappa shape index (κ2) is 59.9. The van der Waals surface area contributed by atoms with Crippen molar-refractivity contribution in [3.8, 4) is 0 Å². The first kappa shape index (κ1) is 68.3. The third-order valence-corrected chi connectivity index (χ3v) is 12.8. The van der Waals surface area contributed by atoms with E-state index in [2.05, 4.69) is 106 Å². The predicted octanol–water partition coefficient (Wildman–Crippen LogP) is 20.5. The van der Waals surface area contributed by atoms with Crippen molar-refractivity contribution < 1.29 is 28.6 Å². The van der Waals surface area contributed by atoms with Crippen LogP contribution >= 0.6 is 0 Å². The molecule has 0 rings (SSSR count). The van der Waals surface area contributed by atoms with Crippen LogP contribution in [0.2, 0.25) is 0 Å². The topological polar surface area (TPSA) is 78.9 Å². The summed E-state index contributed by atoms with van der Waals surface area (Å²) >= 11 is 0. The molecule has 0 aliphatic rings. The number of allylic oxidation sites excluding steroid dienone is 16. The van der Waals surface area contributed by atoms with Gasteiger partial charge in [-0.1, -0.05) is 279 Å². The van der Waals surface area contributed by atoms with Gasteiger partial charge in [-0.2, -0.15) is 0 Å². The maximum Gasteiger partial charge on any atom is 0.306 e. The third kappa shape index (κ3) is 57.2. The highest BCUT2D eigenvalue weighted by molar-refractivity contribution is 5.71. The number of carbonyl (C=O) groups is 3. The van der Waals surface area contributed by atoms with Crippen molar-refractivity contribution in [2.75, 3.05) is 13.2 Å². The summed E-state index contributed by atoms with van der Waals surface area (Å²) in [6, 6.07) is 0. The molecule has 6 heteroatoms. The van der Waals surface area contributed by atoms with Crippen molar-refractivity contribution in [2.24, 2.45) is 0 Å². The normalized spacial score (nSPS) is 12.8. The van der Waals surface area contributed by atoms with Gasteiger partial charge in [0.15, 0.2) is 6.10 Å². The van der Waals surface area contributed by atoms with Gasteiger partial charge in [0.25, 0.3) is 0 Å². The lowest BCUT2D eigenvalue weighted by atomic mass is 10.0. The molecule has 0 saturated carbocycles. The molecule has 1 unspecified atom stereocenters. The molecule has 0 aromatic carbocycles. The van der Waals surface area contributed by atoms with E-state index in [1.807, 2.05) is 12.2 Å². The van der Waals surface area contributed by atoms with Crippen LogP contribution < -0.4 is 0 Å². The fraction of sp³-hybridized carbons (Fsp3) is 0.712. The largest absolute Gasteiger partial charge is 0.462 e. The minimum atomic E-state index is -0.809. The first-order chi connectivity index (χ1) is 35.5. The number of rotatable bonds is 54. The van der Waals surface area contributed by atoms with Crippen molar-refractivity contribution >= 4 is 17.9 Å². The van der Waals surface area contributed by atoms with Crippen LogP contribution in [0, 0.1) is 0 Å². The zero-order valence-electron chi connectivity index (χ0n) is 47.2. The Morgan fingerprint density at radius 3 is 0.903 bits per heavy atom. The molecular weight excluding hydrogens is 889 g/mol. The maximum absolute atomic E-state index is 12.7. The molecule has 0 heterocycles. The van der Waals surface area contributed by atoms with Gasteiger partial charge in [-0.15, -0.1) is 0 Å². The Bertz CT molecular complexity index is 1430. The fourth-order valence-corrected chi connectivity index (χ4v) is 8.39. The van der Waals surface area contributed by atoms with Crippen LogP contribution in [0.25, 0.3) is 0 Å². The highest BCUT2D eigenvalue weighted by Crippen LogP contribution is 2.17. The molecular formula is C66H112O6. The van der Waals surface area contributed by atoms with Crippen LogP contribution in [0.5, 0.6) is 0 Å². The van der Waals surface area contributed by atoms with Gasteiger partial charge in [-0.3, -0.25) is 14.4 Å². The Kier molecular flexibility index (Phi) is 56.8. The van der Waals surface area contributed by atoms with E-state index in [1.54, 1.807) is 0 Å². The summed E-state index contributed by atoms with van der Waals surface area (Å²) in [5, 5.41) is 0. The standard InChI is InChI=1S/C66H112O6/c1-4-7-10-13-16-18-20-22-23-24-25-26-27-28-29-30-31-32-33-34-35-36-37-38-39-40-41-42-43-45-46-48-50-53-56-59-65(68)71-62-63(61-70-64(67)58-55-52-15-12-9-6-3)72-66(69)60-57-54-51-49-47-44-21-19-17-14-11-8-5-2/h7-8,10-11,16-19,22-23,25-26,44,47,51,54,63H,4-6,9,12-15,20-21,24,27-43,45-46,48-50,52-53,55-62H2,1-3H3/b10-7-,11-8-,18-16-,19-17-,23-22-,26-25-,47-44-,54-51-. The van der Waals surface area contributed by atoms with Crippen LogP contribution in [-0.2, 0) is 28.6 Å². The highest BCUT2D eigenvalue weighted by Gasteiger charge is 2.19. The maximum atomic E-state index is 12.7. The van der Waals surface area contributed by atoms with Gasteiger partial charge in [0.2, 0.25) is 0 Å². The van der Waals surface area contributed by atoms with E-state index in [-0.39, 0.29) is 31.6 Å². The number of carbonyl (C=O) groups excluding carboxylic acids is 3.